The fourth-order valence-electron chi connectivity index (χ4n) is 2.36. The van der Waals surface area contributed by atoms with E-state index in [1.165, 1.54) is 6.42 Å². The van der Waals surface area contributed by atoms with Crippen molar-refractivity contribution in [1.29, 1.82) is 0 Å². The Morgan fingerprint density at radius 1 is 1.47 bits per heavy atom. The third-order valence-electron chi connectivity index (χ3n) is 3.49. The molecule has 108 valence electrons. The van der Waals surface area contributed by atoms with Crippen LogP contribution in [0.25, 0.3) is 0 Å². The highest BCUT2D eigenvalue weighted by Gasteiger charge is 2.24. The SMILES string of the molecule is CNCCC1CCN(C(=O)c2ccc(Cl)o2)CC1.Cl. The van der Waals surface area contributed by atoms with Gasteiger partial charge in [0, 0.05) is 13.1 Å². The van der Waals surface area contributed by atoms with Crippen LogP contribution >= 0.6 is 24.0 Å². The Labute approximate surface area is 124 Å². The van der Waals surface area contributed by atoms with Crippen LogP contribution in [-0.4, -0.2) is 37.5 Å². The molecule has 1 aromatic rings. The number of piperidine rings is 1. The maximum atomic E-state index is 12.1. The van der Waals surface area contributed by atoms with E-state index >= 15 is 0 Å². The van der Waals surface area contributed by atoms with Crippen molar-refractivity contribution in [2.45, 2.75) is 19.3 Å². The third-order valence-corrected chi connectivity index (χ3v) is 3.69. The van der Waals surface area contributed by atoms with Gasteiger partial charge in [-0.2, -0.15) is 0 Å². The number of hydrogen-bond acceptors (Lipinski definition) is 3. The Morgan fingerprint density at radius 2 is 2.16 bits per heavy atom. The average Bonchev–Trinajstić information content (AvgIpc) is 2.83. The monoisotopic (exact) mass is 306 g/mol. The second kappa shape index (κ2) is 7.78. The number of rotatable bonds is 4. The highest BCUT2D eigenvalue weighted by molar-refractivity contribution is 6.29. The normalized spacial score (nSPS) is 16.2. The number of furan rings is 1. The van der Waals surface area contributed by atoms with E-state index in [9.17, 15) is 4.79 Å². The summed E-state index contributed by atoms with van der Waals surface area (Å²) in [5.74, 6) is 1.02. The molecule has 1 aliphatic rings. The smallest absolute Gasteiger partial charge is 0.289 e. The molecular weight excluding hydrogens is 287 g/mol. The molecule has 19 heavy (non-hydrogen) atoms. The lowest BCUT2D eigenvalue weighted by Gasteiger charge is -2.31. The number of carbonyl (C=O) groups is 1. The van der Waals surface area contributed by atoms with E-state index in [1.54, 1.807) is 12.1 Å². The molecule has 1 fully saturated rings. The minimum Gasteiger partial charge on any atom is -0.440 e. The van der Waals surface area contributed by atoms with Crippen molar-refractivity contribution in [2.75, 3.05) is 26.7 Å². The first-order chi connectivity index (χ1) is 8.70. The number of amides is 1. The lowest BCUT2D eigenvalue weighted by molar-refractivity contribution is 0.0655. The molecule has 1 aromatic heterocycles. The lowest BCUT2D eigenvalue weighted by atomic mass is 9.93. The Kier molecular flexibility index (Phi) is 6.69. The maximum absolute atomic E-state index is 12.1. The van der Waals surface area contributed by atoms with Gasteiger partial charge in [0.05, 0.1) is 0 Å². The van der Waals surface area contributed by atoms with E-state index < -0.39 is 0 Å². The first-order valence-corrected chi connectivity index (χ1v) is 6.77. The molecule has 4 nitrogen and oxygen atoms in total. The van der Waals surface area contributed by atoms with E-state index in [0.717, 1.165) is 38.4 Å². The topological polar surface area (TPSA) is 45.5 Å². The number of likely N-dealkylation sites (tertiary alicyclic amines) is 1. The zero-order valence-electron chi connectivity index (χ0n) is 11.0. The summed E-state index contributed by atoms with van der Waals surface area (Å²) in [6.07, 6.45) is 3.33. The van der Waals surface area contributed by atoms with Gasteiger partial charge in [-0.3, -0.25) is 4.79 Å². The summed E-state index contributed by atoms with van der Waals surface area (Å²) in [6, 6.07) is 3.24. The van der Waals surface area contributed by atoms with Gasteiger partial charge in [0.15, 0.2) is 11.0 Å². The summed E-state index contributed by atoms with van der Waals surface area (Å²) in [6.45, 7) is 2.67. The predicted molar refractivity (Wildman–Crippen MR) is 78.1 cm³/mol. The van der Waals surface area contributed by atoms with Gasteiger partial charge in [-0.1, -0.05) is 0 Å². The maximum Gasteiger partial charge on any atom is 0.289 e. The van der Waals surface area contributed by atoms with Crippen molar-refractivity contribution in [3.63, 3.8) is 0 Å². The van der Waals surface area contributed by atoms with Crippen LogP contribution < -0.4 is 5.32 Å². The van der Waals surface area contributed by atoms with Crippen LogP contribution in [0.1, 0.15) is 29.8 Å². The fraction of sp³-hybridized carbons (Fsp3) is 0.615. The molecule has 0 saturated carbocycles. The second-order valence-corrected chi connectivity index (χ2v) is 5.10. The molecule has 0 bridgehead atoms. The summed E-state index contributed by atoms with van der Waals surface area (Å²) in [5, 5.41) is 3.43. The van der Waals surface area contributed by atoms with E-state index in [1.807, 2.05) is 11.9 Å². The molecule has 0 radical (unpaired) electrons. The van der Waals surface area contributed by atoms with E-state index in [-0.39, 0.29) is 23.5 Å². The van der Waals surface area contributed by atoms with E-state index in [2.05, 4.69) is 5.32 Å². The van der Waals surface area contributed by atoms with Gasteiger partial charge in [-0.05, 0) is 62.5 Å². The Hall–Kier alpha value is -0.710. The fourth-order valence-corrected chi connectivity index (χ4v) is 2.50. The van der Waals surface area contributed by atoms with Crippen molar-refractivity contribution in [1.82, 2.24) is 10.2 Å². The largest absolute Gasteiger partial charge is 0.440 e. The Balaban J connectivity index is 0.00000180. The molecule has 0 aliphatic carbocycles. The van der Waals surface area contributed by atoms with Crippen LogP contribution in [0.5, 0.6) is 0 Å². The van der Waals surface area contributed by atoms with Crippen LogP contribution in [0.3, 0.4) is 0 Å². The minimum atomic E-state index is -0.0473. The molecule has 1 amide bonds. The molecule has 1 aliphatic heterocycles. The molecule has 0 spiro atoms. The third kappa shape index (κ3) is 4.41. The summed E-state index contributed by atoms with van der Waals surface area (Å²) in [7, 11) is 1.97. The summed E-state index contributed by atoms with van der Waals surface area (Å²) in [4.78, 5) is 13.9. The van der Waals surface area contributed by atoms with Gasteiger partial charge in [-0.15, -0.1) is 12.4 Å². The Bertz CT molecular complexity index is 401. The van der Waals surface area contributed by atoms with Gasteiger partial charge >= 0.3 is 0 Å². The summed E-state index contributed by atoms with van der Waals surface area (Å²) >= 11 is 5.68. The van der Waals surface area contributed by atoms with Crippen LogP contribution in [0, 0.1) is 5.92 Å². The summed E-state index contributed by atoms with van der Waals surface area (Å²) in [5.41, 5.74) is 0. The van der Waals surface area contributed by atoms with Crippen LogP contribution in [0.4, 0.5) is 0 Å². The molecular formula is C13H20Cl2N2O2. The van der Waals surface area contributed by atoms with Gasteiger partial charge in [-0.25, -0.2) is 0 Å². The highest BCUT2D eigenvalue weighted by atomic mass is 35.5. The zero-order valence-corrected chi connectivity index (χ0v) is 12.6. The number of carbonyl (C=O) groups excluding carboxylic acids is 1. The molecule has 0 unspecified atom stereocenters. The molecule has 1 saturated heterocycles. The van der Waals surface area contributed by atoms with Crippen molar-refractivity contribution in [3.05, 3.63) is 23.1 Å². The standard InChI is InChI=1S/C13H19ClN2O2.ClH/c1-15-7-4-10-5-8-16(9-6-10)13(17)11-2-3-12(14)18-11;/h2-3,10,15H,4-9H2,1H3;1H. The molecule has 2 rings (SSSR count). The highest BCUT2D eigenvalue weighted by Crippen LogP contribution is 2.22. The second-order valence-electron chi connectivity index (χ2n) is 4.73. The predicted octanol–water partition coefficient (Wildman–Crippen LogP) is 2.82. The van der Waals surface area contributed by atoms with Crippen LogP contribution in [0.15, 0.2) is 16.5 Å². The first kappa shape index (κ1) is 16.3. The molecule has 0 aromatic carbocycles. The molecule has 0 atom stereocenters. The van der Waals surface area contributed by atoms with Crippen molar-refractivity contribution in [2.24, 2.45) is 5.92 Å². The molecule has 1 N–H and O–H groups in total. The lowest BCUT2D eigenvalue weighted by Crippen LogP contribution is -2.38. The molecule has 2 heterocycles. The van der Waals surface area contributed by atoms with Gasteiger partial charge in [0.25, 0.3) is 5.91 Å². The van der Waals surface area contributed by atoms with Gasteiger partial charge in [0.1, 0.15) is 0 Å². The quantitative estimate of drug-likeness (QED) is 0.930. The van der Waals surface area contributed by atoms with Crippen molar-refractivity contribution < 1.29 is 9.21 Å². The molecule has 6 heteroatoms. The first-order valence-electron chi connectivity index (χ1n) is 6.40. The number of hydrogen-bond donors (Lipinski definition) is 1. The minimum absolute atomic E-state index is 0. The average molecular weight is 307 g/mol. The van der Waals surface area contributed by atoms with Gasteiger partial charge in [0.2, 0.25) is 0 Å². The number of nitrogens with one attached hydrogen (secondary N) is 1. The van der Waals surface area contributed by atoms with E-state index in [4.69, 9.17) is 16.0 Å². The van der Waals surface area contributed by atoms with Crippen molar-refractivity contribution >= 4 is 29.9 Å². The number of halogens is 2. The van der Waals surface area contributed by atoms with E-state index in [0.29, 0.717) is 5.76 Å². The van der Waals surface area contributed by atoms with Crippen LogP contribution in [-0.2, 0) is 0 Å². The zero-order chi connectivity index (χ0) is 13.0. The van der Waals surface area contributed by atoms with Crippen molar-refractivity contribution in [3.8, 4) is 0 Å². The summed E-state index contributed by atoms with van der Waals surface area (Å²) < 4.78 is 5.15. The Morgan fingerprint density at radius 3 is 2.68 bits per heavy atom. The van der Waals surface area contributed by atoms with Gasteiger partial charge < -0.3 is 14.6 Å². The van der Waals surface area contributed by atoms with Crippen LogP contribution in [0.2, 0.25) is 5.22 Å². The number of nitrogens with zero attached hydrogens (tertiary/aromatic N) is 1.